The second kappa shape index (κ2) is 13.3. The van der Waals surface area contributed by atoms with E-state index in [1.54, 1.807) is 4.90 Å². The van der Waals surface area contributed by atoms with Crippen LogP contribution in [0.25, 0.3) is 0 Å². The highest BCUT2D eigenvalue weighted by molar-refractivity contribution is 6.35. The van der Waals surface area contributed by atoms with Crippen molar-refractivity contribution in [2.45, 2.75) is 45.3 Å². The van der Waals surface area contributed by atoms with E-state index in [1.807, 2.05) is 38.2 Å². The zero-order chi connectivity index (χ0) is 29.6. The van der Waals surface area contributed by atoms with Crippen molar-refractivity contribution in [2.75, 3.05) is 45.1 Å². The van der Waals surface area contributed by atoms with Gasteiger partial charge in [0, 0.05) is 63.6 Å². The van der Waals surface area contributed by atoms with Crippen molar-refractivity contribution in [3.63, 3.8) is 0 Å². The molecule has 1 aromatic carbocycles. The van der Waals surface area contributed by atoms with Crippen LogP contribution in [0.15, 0.2) is 36.5 Å². The Bertz CT molecular complexity index is 1240. The van der Waals surface area contributed by atoms with Crippen LogP contribution in [0, 0.1) is 10.8 Å². The number of carboxylic acids is 1. The first-order valence-electron chi connectivity index (χ1n) is 13.8. The summed E-state index contributed by atoms with van der Waals surface area (Å²) in [6, 6.07) is 9.33. The van der Waals surface area contributed by atoms with E-state index in [-0.39, 0.29) is 16.8 Å². The Balaban J connectivity index is 0.000000199. The number of aliphatic carboxylic acids is 1. The van der Waals surface area contributed by atoms with Crippen molar-refractivity contribution in [2.24, 2.45) is 10.8 Å². The van der Waals surface area contributed by atoms with Crippen LogP contribution in [0.5, 0.6) is 5.88 Å². The Kier molecular flexibility index (Phi) is 9.99. The molecule has 12 heteroatoms. The molecule has 2 amide bonds. The lowest BCUT2D eigenvalue weighted by atomic mass is 9.66. The number of benzene rings is 1. The first kappa shape index (κ1) is 30.9. The van der Waals surface area contributed by atoms with Gasteiger partial charge in [0.25, 0.3) is 5.91 Å². The molecule has 41 heavy (non-hydrogen) atoms. The highest BCUT2D eigenvalue weighted by atomic mass is 35.5. The molecule has 222 valence electrons. The second-order valence-corrected chi connectivity index (χ2v) is 12.1. The number of rotatable bonds is 11. The summed E-state index contributed by atoms with van der Waals surface area (Å²) in [7, 11) is 1.85. The first-order chi connectivity index (χ1) is 19.6. The molecule has 1 spiro atoms. The average Bonchev–Trinajstić information content (AvgIpc) is 2.89. The van der Waals surface area contributed by atoms with Crippen molar-refractivity contribution >= 4 is 47.2 Å². The van der Waals surface area contributed by atoms with Crippen LogP contribution in [0.1, 0.15) is 38.2 Å². The quantitative estimate of drug-likeness (QED) is 0.329. The Morgan fingerprint density at radius 3 is 2.49 bits per heavy atom. The number of nitrogens with zero attached hydrogens (tertiary/aromatic N) is 3. The fourth-order valence-electron chi connectivity index (χ4n) is 5.66. The number of anilines is 1. The van der Waals surface area contributed by atoms with E-state index in [4.69, 9.17) is 27.9 Å². The number of ether oxygens (including phenoxy) is 1. The molecule has 10 nitrogen and oxygen atoms in total. The van der Waals surface area contributed by atoms with Gasteiger partial charge in [-0.3, -0.25) is 14.4 Å². The molecule has 2 aliphatic heterocycles. The van der Waals surface area contributed by atoms with Crippen LogP contribution in [0.4, 0.5) is 5.69 Å². The minimum absolute atomic E-state index is 0.195. The number of carbonyl (C=O) groups excluding carboxylic acids is 2. The minimum atomic E-state index is -0.677. The summed E-state index contributed by atoms with van der Waals surface area (Å²) >= 11 is 11.8. The zero-order valence-electron chi connectivity index (χ0n) is 23.4. The molecular weight excluding hydrogens is 569 g/mol. The number of aromatic nitrogens is 1. The maximum Gasteiger partial charge on any atom is 0.310 e. The van der Waals surface area contributed by atoms with Crippen molar-refractivity contribution < 1.29 is 24.2 Å². The van der Waals surface area contributed by atoms with Gasteiger partial charge in [0.1, 0.15) is 5.02 Å². The Morgan fingerprint density at radius 1 is 1.20 bits per heavy atom. The van der Waals surface area contributed by atoms with Gasteiger partial charge in [-0.15, -0.1) is 0 Å². The van der Waals surface area contributed by atoms with E-state index in [0.29, 0.717) is 29.9 Å². The Labute approximate surface area is 250 Å². The summed E-state index contributed by atoms with van der Waals surface area (Å²) in [5.41, 5.74) is 1.81. The number of nitrogens with one attached hydrogen (secondary N) is 2. The summed E-state index contributed by atoms with van der Waals surface area (Å²) in [6.07, 6.45) is 4.84. The zero-order valence-corrected chi connectivity index (χ0v) is 24.9. The van der Waals surface area contributed by atoms with Crippen LogP contribution in [-0.2, 0) is 20.9 Å². The largest absolute Gasteiger partial charge is 0.481 e. The van der Waals surface area contributed by atoms with Crippen molar-refractivity contribution in [1.82, 2.24) is 20.1 Å². The van der Waals surface area contributed by atoms with Gasteiger partial charge in [-0.25, -0.2) is 4.98 Å². The Morgan fingerprint density at radius 2 is 1.93 bits per heavy atom. The van der Waals surface area contributed by atoms with Crippen LogP contribution in [0.3, 0.4) is 0 Å². The van der Waals surface area contributed by atoms with Crippen molar-refractivity contribution in [3.05, 3.63) is 52.1 Å². The van der Waals surface area contributed by atoms with Gasteiger partial charge < -0.3 is 30.3 Å². The third-order valence-corrected chi connectivity index (χ3v) is 8.49. The number of likely N-dealkylation sites (tertiary alicyclic amines) is 2. The lowest BCUT2D eigenvalue weighted by Gasteiger charge is -2.61. The fourth-order valence-corrected chi connectivity index (χ4v) is 6.09. The van der Waals surface area contributed by atoms with Gasteiger partial charge >= 0.3 is 5.97 Å². The molecule has 1 aromatic heterocycles. The summed E-state index contributed by atoms with van der Waals surface area (Å²) < 4.78 is 5.62. The molecule has 0 bridgehead atoms. The first-order valence-corrected chi connectivity index (χ1v) is 14.5. The summed E-state index contributed by atoms with van der Waals surface area (Å²) in [5.74, 6) is -0.659. The summed E-state index contributed by atoms with van der Waals surface area (Å²) in [6.45, 7) is 6.61. The molecule has 0 radical (unpaired) electrons. The maximum absolute atomic E-state index is 12.3. The van der Waals surface area contributed by atoms with E-state index >= 15 is 0 Å². The summed E-state index contributed by atoms with van der Waals surface area (Å²) in [4.78, 5) is 42.1. The predicted octanol–water partition coefficient (Wildman–Crippen LogP) is 3.92. The standard InChI is InChI=1S/C17H19Cl2N3O2.C12H18N2O3/c1-3-15(24-17-14(19)8-12(18)10-22-17)16(23)21-9-11-5-4-6-13(7-11)20-2;15-9-14-6-11(7-14)4-13(5-11)8-12(10(16)17)2-1-3-12/h4-8,10,15,20H,3,9H2,1-2H3,(H,21,23);9H,1-8H2,(H,16,17). The number of carboxylic acid groups (broad SMARTS) is 1. The molecule has 2 aromatic rings. The highest BCUT2D eigenvalue weighted by Gasteiger charge is 2.55. The number of amides is 2. The molecule has 1 saturated carbocycles. The molecule has 3 fully saturated rings. The molecule has 3 aliphatic rings. The van der Waals surface area contributed by atoms with Crippen LogP contribution >= 0.6 is 23.2 Å². The van der Waals surface area contributed by atoms with E-state index in [9.17, 15) is 19.5 Å². The van der Waals surface area contributed by atoms with Crippen molar-refractivity contribution in [1.29, 1.82) is 0 Å². The van der Waals surface area contributed by atoms with Gasteiger partial charge in [0.15, 0.2) is 6.10 Å². The minimum Gasteiger partial charge on any atom is -0.481 e. The van der Waals surface area contributed by atoms with Gasteiger partial charge in [0.2, 0.25) is 12.3 Å². The molecule has 2 saturated heterocycles. The maximum atomic E-state index is 12.3. The van der Waals surface area contributed by atoms with Gasteiger partial charge in [-0.05, 0) is 43.0 Å². The smallest absolute Gasteiger partial charge is 0.310 e. The lowest BCUT2D eigenvalue weighted by molar-refractivity contribution is -0.167. The second-order valence-electron chi connectivity index (χ2n) is 11.2. The normalized spacial score (nSPS) is 18.9. The highest BCUT2D eigenvalue weighted by Crippen LogP contribution is 2.46. The number of pyridine rings is 1. The van der Waals surface area contributed by atoms with Crippen LogP contribution in [0.2, 0.25) is 10.0 Å². The molecular formula is C29H37Cl2N5O5. The number of hydrogen-bond donors (Lipinski definition) is 3. The number of hydrogen-bond acceptors (Lipinski definition) is 7. The summed E-state index contributed by atoms with van der Waals surface area (Å²) in [5, 5.41) is 15.9. The molecule has 1 unspecified atom stereocenters. The van der Waals surface area contributed by atoms with Gasteiger partial charge in [-0.1, -0.05) is 48.7 Å². The number of carbonyl (C=O) groups is 3. The predicted molar refractivity (Wildman–Crippen MR) is 157 cm³/mol. The van der Waals surface area contributed by atoms with Crippen LogP contribution in [-0.4, -0.2) is 84.1 Å². The number of halogens is 2. The molecule has 3 N–H and O–H groups in total. The molecule has 5 rings (SSSR count). The van der Waals surface area contributed by atoms with E-state index in [1.165, 1.54) is 12.3 Å². The average molecular weight is 607 g/mol. The SMILES string of the molecule is CCC(Oc1ncc(Cl)cc1Cl)C(=O)NCc1cccc(NC)c1.O=CN1CC2(C1)CN(CC1(C(=O)O)CCC1)C2. The third-order valence-electron chi connectivity index (χ3n) is 8.01. The van der Waals surface area contributed by atoms with Gasteiger partial charge in [0.05, 0.1) is 10.4 Å². The van der Waals surface area contributed by atoms with E-state index in [0.717, 1.165) is 63.1 Å². The molecule has 1 aliphatic carbocycles. The van der Waals surface area contributed by atoms with Gasteiger partial charge in [-0.2, -0.15) is 0 Å². The van der Waals surface area contributed by atoms with Crippen LogP contribution < -0.4 is 15.4 Å². The topological polar surface area (TPSA) is 124 Å². The monoisotopic (exact) mass is 605 g/mol. The molecule has 3 heterocycles. The lowest BCUT2D eigenvalue weighted by Crippen LogP contribution is -2.72. The fraction of sp³-hybridized carbons (Fsp3) is 0.517. The Hall–Kier alpha value is -3.08. The van der Waals surface area contributed by atoms with Crippen molar-refractivity contribution in [3.8, 4) is 5.88 Å². The van der Waals surface area contributed by atoms with E-state index in [2.05, 4.69) is 20.5 Å². The van der Waals surface area contributed by atoms with E-state index < -0.39 is 17.5 Å². The third kappa shape index (κ3) is 7.42. The molecule has 1 atom stereocenters.